The van der Waals surface area contributed by atoms with Gasteiger partial charge in [0.15, 0.2) is 0 Å². The molecule has 154 valence electrons. The molecule has 0 spiro atoms. The summed E-state index contributed by atoms with van der Waals surface area (Å²) in [6.07, 6.45) is 4.70. The number of halogens is 1. The Kier molecular flexibility index (Phi) is 7.76. The lowest BCUT2D eigenvalue weighted by molar-refractivity contribution is -0.116. The van der Waals surface area contributed by atoms with E-state index in [1.54, 1.807) is 48.5 Å². The Hall–Kier alpha value is -2.73. The van der Waals surface area contributed by atoms with Crippen molar-refractivity contribution in [1.82, 2.24) is 4.90 Å². The van der Waals surface area contributed by atoms with Crippen molar-refractivity contribution in [3.63, 3.8) is 0 Å². The molecule has 2 aromatic rings. The maximum atomic E-state index is 12.4. The van der Waals surface area contributed by atoms with Crippen molar-refractivity contribution in [2.24, 2.45) is 0 Å². The highest BCUT2D eigenvalue weighted by Gasteiger charge is 2.15. The van der Waals surface area contributed by atoms with Crippen LogP contribution in [-0.2, 0) is 4.79 Å². The number of anilines is 2. The lowest BCUT2D eigenvalue weighted by atomic mass is 10.2. The highest BCUT2D eigenvalue weighted by atomic mass is 35.5. The largest absolute Gasteiger partial charge is 0.493 e. The maximum Gasteiger partial charge on any atom is 0.321 e. The van der Waals surface area contributed by atoms with E-state index in [1.165, 1.54) is 12.8 Å². The van der Waals surface area contributed by atoms with Gasteiger partial charge in [-0.1, -0.05) is 30.5 Å². The second kappa shape index (κ2) is 10.7. The van der Waals surface area contributed by atoms with Crippen LogP contribution < -0.4 is 15.4 Å². The van der Waals surface area contributed by atoms with Crippen molar-refractivity contribution in [1.29, 1.82) is 0 Å². The summed E-state index contributed by atoms with van der Waals surface area (Å²) < 4.78 is 5.53. The van der Waals surface area contributed by atoms with E-state index >= 15 is 0 Å². The number of carbonyl (C=O) groups is 2. The van der Waals surface area contributed by atoms with Crippen LogP contribution in [0, 0.1) is 0 Å². The molecule has 3 amide bonds. The first kappa shape index (κ1) is 21.0. The minimum atomic E-state index is -0.145. The normalized spacial score (nSPS) is 14.0. The lowest BCUT2D eigenvalue weighted by Gasteiger charge is -2.20. The molecule has 2 aromatic carbocycles. The number of carbonyl (C=O) groups excluding carboxylic acids is 2. The molecule has 0 saturated carbocycles. The number of urea groups is 1. The van der Waals surface area contributed by atoms with Crippen molar-refractivity contribution < 1.29 is 14.3 Å². The van der Waals surface area contributed by atoms with Crippen LogP contribution >= 0.6 is 11.6 Å². The zero-order valence-electron chi connectivity index (χ0n) is 16.3. The molecule has 1 aliphatic rings. The van der Waals surface area contributed by atoms with Gasteiger partial charge in [-0.05, 0) is 55.3 Å². The number of likely N-dealkylation sites (tertiary alicyclic amines) is 1. The molecule has 0 aliphatic carbocycles. The molecule has 0 atom stereocenters. The van der Waals surface area contributed by atoms with E-state index in [-0.39, 0.29) is 25.0 Å². The maximum absolute atomic E-state index is 12.4. The SMILES string of the molecule is O=C(CCOc1cccc(Cl)c1)Nc1ccc(NC(=O)N2CCCCCC2)cc1. The Morgan fingerprint density at radius 1 is 0.931 bits per heavy atom. The molecule has 29 heavy (non-hydrogen) atoms. The van der Waals surface area contributed by atoms with Crippen LogP contribution in [-0.4, -0.2) is 36.5 Å². The topological polar surface area (TPSA) is 70.7 Å². The molecule has 1 saturated heterocycles. The van der Waals surface area contributed by atoms with Crippen molar-refractivity contribution in [3.8, 4) is 5.75 Å². The molecule has 3 rings (SSSR count). The van der Waals surface area contributed by atoms with E-state index in [1.807, 2.05) is 4.90 Å². The van der Waals surface area contributed by atoms with Gasteiger partial charge in [0.05, 0.1) is 13.0 Å². The minimum Gasteiger partial charge on any atom is -0.493 e. The minimum absolute atomic E-state index is 0.0677. The highest BCUT2D eigenvalue weighted by molar-refractivity contribution is 6.30. The molecule has 2 N–H and O–H groups in total. The lowest BCUT2D eigenvalue weighted by Crippen LogP contribution is -2.35. The third-order valence-electron chi connectivity index (χ3n) is 4.71. The Morgan fingerprint density at radius 3 is 2.24 bits per heavy atom. The summed E-state index contributed by atoms with van der Waals surface area (Å²) >= 11 is 5.90. The van der Waals surface area contributed by atoms with Gasteiger partial charge in [0, 0.05) is 29.5 Å². The average molecular weight is 416 g/mol. The predicted octanol–water partition coefficient (Wildman–Crippen LogP) is 5.16. The van der Waals surface area contributed by atoms with Crippen LogP contribution in [0.3, 0.4) is 0 Å². The fraction of sp³-hybridized carbons (Fsp3) is 0.364. The number of hydrogen-bond acceptors (Lipinski definition) is 3. The molecule has 1 aliphatic heterocycles. The van der Waals surface area contributed by atoms with Crippen LogP contribution in [0.5, 0.6) is 5.75 Å². The quantitative estimate of drug-likeness (QED) is 0.684. The molecular formula is C22H26ClN3O3. The Morgan fingerprint density at radius 2 is 1.59 bits per heavy atom. The van der Waals surface area contributed by atoms with E-state index in [9.17, 15) is 9.59 Å². The van der Waals surface area contributed by atoms with Gasteiger partial charge >= 0.3 is 6.03 Å². The molecule has 6 nitrogen and oxygen atoms in total. The molecule has 0 aromatic heterocycles. The average Bonchev–Trinajstić information content (AvgIpc) is 2.99. The highest BCUT2D eigenvalue weighted by Crippen LogP contribution is 2.18. The smallest absolute Gasteiger partial charge is 0.321 e. The fourth-order valence-corrected chi connectivity index (χ4v) is 3.34. The molecule has 0 radical (unpaired) electrons. The van der Waals surface area contributed by atoms with Gasteiger partial charge in [-0.25, -0.2) is 4.79 Å². The Bertz CT molecular complexity index is 818. The predicted molar refractivity (Wildman–Crippen MR) is 116 cm³/mol. The third kappa shape index (κ3) is 6.98. The van der Waals surface area contributed by atoms with E-state index in [0.29, 0.717) is 22.1 Å². The first-order valence-electron chi connectivity index (χ1n) is 9.94. The van der Waals surface area contributed by atoms with Crippen molar-refractivity contribution in [2.45, 2.75) is 32.1 Å². The number of rotatable bonds is 6. The number of benzene rings is 2. The van der Waals surface area contributed by atoms with Crippen molar-refractivity contribution in [3.05, 3.63) is 53.6 Å². The summed E-state index contributed by atoms with van der Waals surface area (Å²) in [4.78, 5) is 26.3. The van der Waals surface area contributed by atoms with Crippen LogP contribution in [0.1, 0.15) is 32.1 Å². The van der Waals surface area contributed by atoms with E-state index < -0.39 is 0 Å². The number of ether oxygens (including phenoxy) is 1. The number of nitrogens with one attached hydrogen (secondary N) is 2. The molecule has 7 heteroatoms. The summed E-state index contributed by atoms with van der Waals surface area (Å²) in [6, 6.07) is 14.1. The third-order valence-corrected chi connectivity index (χ3v) is 4.94. The molecule has 0 bridgehead atoms. The van der Waals surface area contributed by atoms with Gasteiger partial charge in [-0.2, -0.15) is 0 Å². The van der Waals surface area contributed by atoms with Gasteiger partial charge in [-0.15, -0.1) is 0 Å². The summed E-state index contributed by atoms with van der Waals surface area (Å²) in [5.41, 5.74) is 1.38. The molecule has 1 heterocycles. The number of nitrogens with zero attached hydrogens (tertiary/aromatic N) is 1. The van der Waals surface area contributed by atoms with E-state index in [2.05, 4.69) is 10.6 Å². The zero-order valence-corrected chi connectivity index (χ0v) is 17.1. The van der Waals surface area contributed by atoms with Gasteiger partial charge in [0.1, 0.15) is 5.75 Å². The summed E-state index contributed by atoms with van der Waals surface area (Å²) in [7, 11) is 0. The van der Waals surface area contributed by atoms with Gasteiger partial charge in [-0.3, -0.25) is 4.79 Å². The number of hydrogen-bond donors (Lipinski definition) is 2. The second-order valence-electron chi connectivity index (χ2n) is 7.01. The summed E-state index contributed by atoms with van der Waals surface area (Å²) in [6.45, 7) is 1.87. The van der Waals surface area contributed by atoms with E-state index in [0.717, 1.165) is 25.9 Å². The van der Waals surface area contributed by atoms with Gasteiger partial charge in [0.2, 0.25) is 5.91 Å². The fourth-order valence-electron chi connectivity index (χ4n) is 3.16. The Labute approximate surface area is 176 Å². The monoisotopic (exact) mass is 415 g/mol. The number of amides is 3. The molecule has 0 unspecified atom stereocenters. The summed E-state index contributed by atoms with van der Waals surface area (Å²) in [5, 5.41) is 6.34. The van der Waals surface area contributed by atoms with Crippen molar-refractivity contribution >= 4 is 34.9 Å². The zero-order chi connectivity index (χ0) is 20.5. The van der Waals surface area contributed by atoms with Crippen LogP contribution in [0.25, 0.3) is 0 Å². The van der Waals surface area contributed by atoms with Crippen LogP contribution in [0.15, 0.2) is 48.5 Å². The van der Waals surface area contributed by atoms with Crippen molar-refractivity contribution in [2.75, 3.05) is 30.3 Å². The first-order chi connectivity index (χ1) is 14.1. The summed E-state index contributed by atoms with van der Waals surface area (Å²) in [5.74, 6) is 0.489. The molecule has 1 fully saturated rings. The second-order valence-corrected chi connectivity index (χ2v) is 7.45. The Balaban J connectivity index is 1.42. The van der Waals surface area contributed by atoms with Gasteiger partial charge < -0.3 is 20.3 Å². The van der Waals surface area contributed by atoms with Gasteiger partial charge in [0.25, 0.3) is 0 Å². The standard InChI is InChI=1S/C22H26ClN3O3/c23-17-6-5-7-20(16-17)29-15-12-21(27)24-18-8-10-19(11-9-18)25-22(28)26-13-3-1-2-4-14-26/h5-11,16H,1-4,12-15H2,(H,24,27)(H,25,28). The first-order valence-corrected chi connectivity index (χ1v) is 10.3. The van der Waals surface area contributed by atoms with Crippen LogP contribution in [0.4, 0.5) is 16.2 Å². The molecular weight excluding hydrogens is 390 g/mol. The van der Waals surface area contributed by atoms with E-state index in [4.69, 9.17) is 16.3 Å². The van der Waals surface area contributed by atoms with Crippen LogP contribution in [0.2, 0.25) is 5.02 Å².